The van der Waals surface area contributed by atoms with Gasteiger partial charge in [0.05, 0.1) is 11.7 Å². The molecule has 0 saturated carbocycles. The van der Waals surface area contributed by atoms with Crippen molar-refractivity contribution in [2.45, 2.75) is 24.3 Å². The number of nitrogens with one attached hydrogen (secondary N) is 1. The molecule has 0 aromatic carbocycles. The van der Waals surface area contributed by atoms with Crippen LogP contribution >= 0.6 is 11.8 Å². The molecule has 102 valence electrons. The Bertz CT molecular complexity index is 623. The first-order chi connectivity index (χ1) is 9.83. The Labute approximate surface area is 122 Å². The number of fused-ring (bicyclic) bond motifs is 1. The van der Waals surface area contributed by atoms with Gasteiger partial charge >= 0.3 is 0 Å². The highest BCUT2D eigenvalue weighted by atomic mass is 32.2. The normalized spacial score (nSPS) is 28.6. The minimum absolute atomic E-state index is 0.0878. The Morgan fingerprint density at radius 2 is 2.25 bits per heavy atom. The average molecular weight is 284 g/mol. The summed E-state index contributed by atoms with van der Waals surface area (Å²) in [4.78, 5) is 15.2. The van der Waals surface area contributed by atoms with E-state index in [1.54, 1.807) is 0 Å². The van der Waals surface area contributed by atoms with E-state index in [0.717, 1.165) is 17.4 Å². The molecule has 0 unspecified atom stereocenters. The predicted molar refractivity (Wildman–Crippen MR) is 81.7 cm³/mol. The number of nitrogens with zero attached hydrogens (tertiary/aromatic N) is 3. The van der Waals surface area contributed by atoms with Gasteiger partial charge in [-0.05, 0) is 24.3 Å². The zero-order valence-electron chi connectivity index (χ0n) is 11.2. The van der Waals surface area contributed by atoms with Crippen LogP contribution in [-0.2, 0) is 0 Å². The summed E-state index contributed by atoms with van der Waals surface area (Å²) in [6.45, 7) is 3.31. The van der Waals surface area contributed by atoms with Gasteiger partial charge in [-0.3, -0.25) is 9.98 Å². The first-order valence-corrected chi connectivity index (χ1v) is 7.76. The molecule has 0 bridgehead atoms. The number of aliphatic imine (C=N–C) groups is 1. The van der Waals surface area contributed by atoms with E-state index in [-0.39, 0.29) is 12.1 Å². The van der Waals surface area contributed by atoms with Crippen molar-refractivity contribution in [2.75, 3.05) is 6.54 Å². The molecule has 4 rings (SSSR count). The van der Waals surface area contributed by atoms with Gasteiger partial charge in [-0.2, -0.15) is 0 Å². The summed E-state index contributed by atoms with van der Waals surface area (Å²) in [5.74, 6) is 0. The number of thioether (sulfide) groups is 1. The van der Waals surface area contributed by atoms with Crippen LogP contribution in [0.4, 0.5) is 0 Å². The molecule has 1 fully saturated rings. The number of rotatable bonds is 2. The van der Waals surface area contributed by atoms with E-state index in [1.165, 1.54) is 5.69 Å². The largest absolute Gasteiger partial charge is 0.363 e. The van der Waals surface area contributed by atoms with Crippen molar-refractivity contribution in [1.82, 2.24) is 14.9 Å². The Balaban J connectivity index is 1.77. The monoisotopic (exact) mass is 284 g/mol. The number of hydrogen-bond acceptors (Lipinski definition) is 4. The van der Waals surface area contributed by atoms with E-state index in [9.17, 15) is 0 Å². The molecular formula is C15H16N4S. The van der Waals surface area contributed by atoms with Gasteiger partial charge in [-0.1, -0.05) is 24.8 Å². The Kier molecular flexibility index (Phi) is 2.80. The summed E-state index contributed by atoms with van der Waals surface area (Å²) in [5.41, 5.74) is 2.26. The van der Waals surface area contributed by atoms with Crippen LogP contribution < -0.4 is 0 Å². The summed E-state index contributed by atoms with van der Waals surface area (Å²) in [6, 6.07) is 10.6. The van der Waals surface area contributed by atoms with Crippen molar-refractivity contribution >= 4 is 16.9 Å². The van der Waals surface area contributed by atoms with Crippen molar-refractivity contribution in [2.24, 2.45) is 4.99 Å². The lowest BCUT2D eigenvalue weighted by atomic mass is 10.0. The highest BCUT2D eigenvalue weighted by molar-refractivity contribution is 8.14. The number of hydrogen-bond donors (Lipinski definition) is 1. The van der Waals surface area contributed by atoms with Gasteiger partial charge < -0.3 is 9.88 Å². The van der Waals surface area contributed by atoms with Crippen LogP contribution in [0.3, 0.4) is 0 Å². The third-order valence-electron chi connectivity index (χ3n) is 3.82. The maximum Gasteiger partial charge on any atom is 0.160 e. The molecule has 4 nitrogen and oxygen atoms in total. The number of aromatic nitrogens is 2. The molecular weight excluding hydrogens is 268 g/mol. The number of H-pyrrole nitrogens is 1. The second-order valence-corrected chi connectivity index (χ2v) is 6.67. The van der Waals surface area contributed by atoms with Gasteiger partial charge in [0.1, 0.15) is 6.04 Å². The van der Waals surface area contributed by atoms with E-state index in [0.29, 0.717) is 5.25 Å². The molecule has 3 atom stereocenters. The first kappa shape index (κ1) is 12.0. The number of amidine groups is 1. The molecule has 5 heteroatoms. The van der Waals surface area contributed by atoms with Crippen LogP contribution in [0.2, 0.25) is 0 Å². The van der Waals surface area contributed by atoms with Crippen molar-refractivity contribution in [3.8, 4) is 0 Å². The zero-order valence-corrected chi connectivity index (χ0v) is 12.0. The molecule has 20 heavy (non-hydrogen) atoms. The average Bonchev–Trinajstić information content (AvgIpc) is 3.14. The minimum atomic E-state index is 0.0878. The first-order valence-electron chi connectivity index (χ1n) is 6.88. The predicted octanol–water partition coefficient (Wildman–Crippen LogP) is 3.00. The second kappa shape index (κ2) is 4.66. The third-order valence-corrected chi connectivity index (χ3v) is 4.92. The summed E-state index contributed by atoms with van der Waals surface area (Å²) in [6.07, 6.45) is 3.83. The van der Waals surface area contributed by atoms with Crippen LogP contribution in [-0.4, -0.2) is 31.8 Å². The maximum atomic E-state index is 4.93. The Morgan fingerprint density at radius 3 is 3.00 bits per heavy atom. The summed E-state index contributed by atoms with van der Waals surface area (Å²) in [7, 11) is 0. The van der Waals surface area contributed by atoms with Crippen LogP contribution in [0, 0.1) is 0 Å². The highest BCUT2D eigenvalue weighted by Gasteiger charge is 2.43. The summed E-state index contributed by atoms with van der Waals surface area (Å²) >= 11 is 1.87. The van der Waals surface area contributed by atoms with Gasteiger partial charge in [-0.25, -0.2) is 0 Å². The molecule has 2 aromatic rings. The lowest BCUT2D eigenvalue weighted by Crippen LogP contribution is -2.28. The standard InChI is InChI=1S/C15H16N4S/c1-10-9-19-14(12-6-4-8-17-12)13(18-15(19)20-10)11-5-2-3-7-16-11/h2-8,10,13-14,17H,9H2,1H3/t10-,13-,14-/m1/s1. The lowest BCUT2D eigenvalue weighted by molar-refractivity contribution is 0.316. The fourth-order valence-corrected chi connectivity index (χ4v) is 4.08. The van der Waals surface area contributed by atoms with Gasteiger partial charge in [0.2, 0.25) is 0 Å². The van der Waals surface area contributed by atoms with E-state index in [2.05, 4.69) is 40.0 Å². The highest BCUT2D eigenvalue weighted by Crippen LogP contribution is 2.46. The van der Waals surface area contributed by atoms with E-state index in [1.807, 2.05) is 36.3 Å². The van der Waals surface area contributed by atoms with Crippen LogP contribution in [0.15, 0.2) is 47.7 Å². The fourth-order valence-electron chi connectivity index (χ4n) is 2.98. The molecule has 2 aromatic heterocycles. The maximum absolute atomic E-state index is 4.93. The second-order valence-electron chi connectivity index (χ2n) is 5.26. The minimum Gasteiger partial charge on any atom is -0.363 e. The quantitative estimate of drug-likeness (QED) is 0.922. The Morgan fingerprint density at radius 1 is 1.30 bits per heavy atom. The molecule has 1 N–H and O–H groups in total. The molecule has 0 amide bonds. The topological polar surface area (TPSA) is 44.3 Å². The van der Waals surface area contributed by atoms with Crippen LogP contribution in [0.1, 0.15) is 30.4 Å². The van der Waals surface area contributed by atoms with Crippen molar-refractivity contribution in [1.29, 1.82) is 0 Å². The van der Waals surface area contributed by atoms with E-state index < -0.39 is 0 Å². The van der Waals surface area contributed by atoms with Crippen LogP contribution in [0.25, 0.3) is 0 Å². The fraction of sp³-hybridized carbons (Fsp3) is 0.333. The van der Waals surface area contributed by atoms with Crippen molar-refractivity contribution < 1.29 is 0 Å². The lowest BCUT2D eigenvalue weighted by Gasteiger charge is -2.26. The summed E-state index contributed by atoms with van der Waals surface area (Å²) in [5, 5.41) is 1.77. The molecule has 0 aliphatic carbocycles. The smallest absolute Gasteiger partial charge is 0.160 e. The van der Waals surface area contributed by atoms with Crippen molar-refractivity contribution in [3.63, 3.8) is 0 Å². The molecule has 1 saturated heterocycles. The Hall–Kier alpha value is -1.75. The molecule has 2 aliphatic rings. The molecule has 2 aliphatic heterocycles. The zero-order chi connectivity index (χ0) is 13.5. The van der Waals surface area contributed by atoms with E-state index in [4.69, 9.17) is 4.99 Å². The SMILES string of the molecule is C[C@@H]1CN2C(=N[C@H](c3ccccn3)[C@H]2c2ccc[nH]2)S1. The van der Waals surface area contributed by atoms with Gasteiger partial charge in [0, 0.05) is 29.9 Å². The van der Waals surface area contributed by atoms with Crippen molar-refractivity contribution in [3.05, 3.63) is 54.1 Å². The van der Waals surface area contributed by atoms with Gasteiger partial charge in [-0.15, -0.1) is 0 Å². The summed E-state index contributed by atoms with van der Waals surface area (Å²) < 4.78 is 0. The molecule has 0 spiro atoms. The van der Waals surface area contributed by atoms with Gasteiger partial charge in [0.15, 0.2) is 5.17 Å². The van der Waals surface area contributed by atoms with Gasteiger partial charge in [0.25, 0.3) is 0 Å². The van der Waals surface area contributed by atoms with E-state index >= 15 is 0 Å². The van der Waals surface area contributed by atoms with Crippen LogP contribution in [0.5, 0.6) is 0 Å². The number of pyridine rings is 1. The molecule has 4 heterocycles. The number of aromatic amines is 1. The third kappa shape index (κ3) is 1.85. The molecule has 0 radical (unpaired) electrons.